The molecule has 0 aliphatic heterocycles. The number of carbonyl (C=O) groups is 4. The van der Waals surface area contributed by atoms with Crippen LogP contribution < -0.4 is 21.8 Å². The minimum atomic E-state index is -1.20. The Morgan fingerprint density at radius 2 is 0.899 bits per heavy atom. The first-order chi connectivity index (χ1) is 33.1. The van der Waals surface area contributed by atoms with E-state index in [-0.39, 0.29) is 55.2 Å². The minimum absolute atomic E-state index is 0.0274. The van der Waals surface area contributed by atoms with E-state index in [1.54, 1.807) is 71.8 Å². The number of methoxy groups -OCH3 is 1. The Morgan fingerprint density at radius 1 is 0.536 bits per heavy atom. The summed E-state index contributed by atoms with van der Waals surface area (Å²) in [6.07, 6.45) is 0.218. The van der Waals surface area contributed by atoms with Gasteiger partial charge in [0.15, 0.2) is 0 Å². The molecule has 16 heteroatoms. The van der Waals surface area contributed by atoms with Crippen LogP contribution in [0, 0.1) is 0 Å². The number of carboxylic acid groups (broad SMARTS) is 1. The number of benzene rings is 6. The molecule has 69 heavy (non-hydrogen) atoms. The molecule has 2 aromatic heterocycles. The quantitative estimate of drug-likeness (QED) is 0.102. The Balaban J connectivity index is 0.000000204. The maximum absolute atomic E-state index is 12.9. The zero-order valence-corrected chi connectivity index (χ0v) is 40.2. The third-order valence-electron chi connectivity index (χ3n) is 11.4. The number of nitrogens with zero attached hydrogens (tertiary/aromatic N) is 2. The van der Waals surface area contributed by atoms with Crippen LogP contribution in [-0.2, 0) is 41.3 Å². The largest absolute Gasteiger partial charge is 0.480 e. The lowest BCUT2D eigenvalue weighted by molar-refractivity contribution is -0.143. The highest BCUT2D eigenvalue weighted by Gasteiger charge is 2.26. The van der Waals surface area contributed by atoms with E-state index >= 15 is 0 Å². The number of aryl methyl sites for hydroxylation is 2. The van der Waals surface area contributed by atoms with Crippen LogP contribution in [0.5, 0.6) is 0 Å². The molecule has 0 bridgehead atoms. The van der Waals surface area contributed by atoms with Gasteiger partial charge in [-0.05, 0) is 81.6 Å². The molecule has 350 valence electrons. The summed E-state index contributed by atoms with van der Waals surface area (Å²) >= 11 is 24.4. The van der Waals surface area contributed by atoms with Gasteiger partial charge in [-0.25, -0.2) is 9.59 Å². The van der Waals surface area contributed by atoms with Crippen LogP contribution in [-0.4, -0.2) is 57.2 Å². The molecule has 0 radical (unpaired) electrons. The van der Waals surface area contributed by atoms with Crippen LogP contribution in [0.25, 0.3) is 44.1 Å². The first-order valence-electron chi connectivity index (χ1n) is 21.2. The van der Waals surface area contributed by atoms with E-state index in [2.05, 4.69) is 10.6 Å². The Morgan fingerprint density at radius 3 is 1.28 bits per heavy atom. The molecule has 8 rings (SSSR count). The molecule has 3 N–H and O–H groups in total. The first-order valence-corrected chi connectivity index (χ1v) is 22.7. The lowest BCUT2D eigenvalue weighted by atomic mass is 10.00. The number of hydrogen-bond donors (Lipinski definition) is 3. The Bertz CT molecular complexity index is 3350. The molecule has 0 saturated carbocycles. The van der Waals surface area contributed by atoms with Crippen molar-refractivity contribution in [2.45, 2.75) is 24.9 Å². The second kappa shape index (κ2) is 21.8. The monoisotopic (exact) mass is 1000 g/mol. The van der Waals surface area contributed by atoms with Gasteiger partial charge in [0.1, 0.15) is 12.1 Å². The number of hydrogen-bond acceptors (Lipinski definition) is 7. The summed E-state index contributed by atoms with van der Waals surface area (Å²) in [5.41, 5.74) is 5.62. The zero-order valence-electron chi connectivity index (χ0n) is 37.1. The number of ether oxygens (including phenoxy) is 1. The highest BCUT2D eigenvalue weighted by molar-refractivity contribution is 6.40. The first kappa shape index (κ1) is 49.7. The molecular weight excluding hydrogens is 962 g/mol. The molecule has 0 aliphatic rings. The predicted octanol–water partition coefficient (Wildman–Crippen LogP) is 9.96. The number of carbonyl (C=O) groups excluding carboxylic acids is 3. The minimum Gasteiger partial charge on any atom is -0.480 e. The van der Waals surface area contributed by atoms with E-state index in [1.807, 2.05) is 84.9 Å². The van der Waals surface area contributed by atoms with E-state index in [0.29, 0.717) is 22.3 Å². The van der Waals surface area contributed by atoms with E-state index in [9.17, 15) is 33.9 Å². The third-order valence-corrected chi connectivity index (χ3v) is 12.7. The van der Waals surface area contributed by atoms with E-state index in [0.717, 1.165) is 32.9 Å². The van der Waals surface area contributed by atoms with Gasteiger partial charge in [-0.1, -0.05) is 143 Å². The van der Waals surface area contributed by atoms with Crippen LogP contribution >= 0.6 is 46.4 Å². The fourth-order valence-corrected chi connectivity index (χ4v) is 8.93. The maximum atomic E-state index is 12.9. The summed E-state index contributed by atoms with van der Waals surface area (Å²) in [7, 11) is 4.73. The highest BCUT2D eigenvalue weighted by atomic mass is 35.5. The van der Waals surface area contributed by atoms with Gasteiger partial charge in [-0.3, -0.25) is 19.2 Å². The molecule has 8 aromatic rings. The van der Waals surface area contributed by atoms with Crippen molar-refractivity contribution in [2.24, 2.45) is 14.1 Å². The molecule has 0 saturated heterocycles. The summed E-state index contributed by atoms with van der Waals surface area (Å²) < 4.78 is 8.11. The Kier molecular flexibility index (Phi) is 15.7. The number of amides is 2. The number of fused-ring (bicyclic) bond motifs is 2. The van der Waals surface area contributed by atoms with Crippen molar-refractivity contribution in [1.82, 2.24) is 19.8 Å². The van der Waals surface area contributed by atoms with Gasteiger partial charge in [0.05, 0.1) is 49.4 Å². The van der Waals surface area contributed by atoms with E-state index in [4.69, 9.17) is 51.1 Å². The van der Waals surface area contributed by atoms with Crippen LogP contribution in [0.4, 0.5) is 0 Å². The summed E-state index contributed by atoms with van der Waals surface area (Å²) in [5, 5.41) is 17.3. The predicted molar refractivity (Wildman–Crippen MR) is 272 cm³/mol. The summed E-state index contributed by atoms with van der Waals surface area (Å²) in [4.78, 5) is 75.4. The average Bonchev–Trinajstić information content (AvgIpc) is 3.33. The second-order valence-electron chi connectivity index (χ2n) is 15.9. The second-order valence-corrected chi connectivity index (χ2v) is 17.5. The number of esters is 1. The van der Waals surface area contributed by atoms with Crippen molar-refractivity contribution in [3.63, 3.8) is 0 Å². The summed E-state index contributed by atoms with van der Waals surface area (Å²) in [6, 6.07) is 40.5. The summed E-state index contributed by atoms with van der Waals surface area (Å²) in [5.74, 6) is -3.04. The molecule has 0 spiro atoms. The van der Waals surface area contributed by atoms with Gasteiger partial charge in [0, 0.05) is 38.1 Å². The van der Waals surface area contributed by atoms with Crippen molar-refractivity contribution >= 4 is 92.0 Å². The molecule has 0 fully saturated rings. The van der Waals surface area contributed by atoms with Crippen molar-refractivity contribution in [3.05, 3.63) is 209 Å². The SMILES string of the molecule is COC(=O)[C@H](Cc1ccc(-c2cc3ccccc3n(C)c2=O)cc1)NC(=O)c1c(Cl)cccc1Cl.Cn1c(=O)c(-c2ccc(C[C@H](NC(=O)c3c(Cl)cccc3Cl)C(=O)O)cc2)cc2ccccc21. The van der Waals surface area contributed by atoms with Gasteiger partial charge in [0.2, 0.25) is 0 Å². The van der Waals surface area contributed by atoms with Crippen LogP contribution in [0.15, 0.2) is 155 Å². The van der Waals surface area contributed by atoms with Gasteiger partial charge in [-0.2, -0.15) is 0 Å². The number of carboxylic acids is 1. The lowest BCUT2D eigenvalue weighted by Crippen LogP contribution is -2.43. The van der Waals surface area contributed by atoms with Crippen molar-refractivity contribution < 1.29 is 29.0 Å². The van der Waals surface area contributed by atoms with Gasteiger partial charge < -0.3 is 29.6 Å². The fourth-order valence-electron chi connectivity index (χ4n) is 7.80. The van der Waals surface area contributed by atoms with Crippen LogP contribution in [0.2, 0.25) is 20.1 Å². The molecule has 2 heterocycles. The molecule has 6 aromatic carbocycles. The third kappa shape index (κ3) is 11.2. The number of aliphatic carboxylic acids is 1. The molecule has 0 aliphatic carbocycles. The number of para-hydroxylation sites is 2. The zero-order chi connectivity index (χ0) is 49.5. The van der Waals surface area contributed by atoms with Crippen molar-refractivity contribution in [2.75, 3.05) is 7.11 Å². The highest BCUT2D eigenvalue weighted by Crippen LogP contribution is 2.27. The number of pyridine rings is 2. The van der Waals surface area contributed by atoms with Crippen molar-refractivity contribution in [1.29, 1.82) is 0 Å². The molecule has 0 unspecified atom stereocenters. The standard InChI is InChI=1S/C27H22Cl2N2O4.C26H20Cl2N2O4/c1-31-23-9-4-3-6-18(23)15-19(26(31)33)17-12-10-16(11-13-17)14-22(27(34)35-2)30-25(32)24-20(28)7-5-8-21(24)29;1-30-22-8-3-2-5-17(22)14-18(25(30)32)16-11-9-15(10-12-16)13-21(26(33)34)29-24(31)23-19(27)6-4-7-20(23)28/h3-13,15,22H,14H2,1-2H3,(H,30,32);2-12,14,21H,13H2,1H3,(H,29,31)(H,33,34)/t22-;21-/m00/s1. The molecular formula is C53H42Cl4N4O8. The van der Waals surface area contributed by atoms with Crippen LogP contribution in [0.1, 0.15) is 31.8 Å². The van der Waals surface area contributed by atoms with Crippen LogP contribution in [0.3, 0.4) is 0 Å². The van der Waals surface area contributed by atoms with Gasteiger partial charge in [-0.15, -0.1) is 0 Å². The van der Waals surface area contributed by atoms with E-state index < -0.39 is 35.8 Å². The Labute approximate surface area is 415 Å². The normalized spacial score (nSPS) is 11.8. The lowest BCUT2D eigenvalue weighted by Gasteiger charge is -2.18. The van der Waals surface area contributed by atoms with Gasteiger partial charge >= 0.3 is 11.9 Å². The number of aromatic nitrogens is 2. The summed E-state index contributed by atoms with van der Waals surface area (Å²) in [6.45, 7) is 0. The fraction of sp³-hybridized carbons (Fsp3) is 0.132. The number of nitrogens with one attached hydrogen (secondary N) is 2. The topological polar surface area (TPSA) is 166 Å². The number of halogens is 4. The average molecular weight is 1000 g/mol. The van der Waals surface area contributed by atoms with Gasteiger partial charge in [0.25, 0.3) is 22.9 Å². The molecule has 2 atom stereocenters. The number of rotatable bonds is 12. The smallest absolute Gasteiger partial charge is 0.328 e. The molecule has 12 nitrogen and oxygen atoms in total. The molecule has 2 amide bonds. The van der Waals surface area contributed by atoms with E-state index in [1.165, 1.54) is 19.2 Å². The Hall–Kier alpha value is -7.22. The maximum Gasteiger partial charge on any atom is 0.328 e. The van der Waals surface area contributed by atoms with Crippen molar-refractivity contribution in [3.8, 4) is 22.3 Å².